The molecule has 2 unspecified atom stereocenters. The molecule has 0 aromatic heterocycles. The Morgan fingerprint density at radius 1 is 1.06 bits per heavy atom. The van der Waals surface area contributed by atoms with Crippen LogP contribution >= 0.6 is 0 Å². The fourth-order valence-corrected chi connectivity index (χ4v) is 3.47. The van der Waals surface area contributed by atoms with Crippen molar-refractivity contribution in [1.82, 2.24) is 9.80 Å². The van der Waals surface area contributed by atoms with E-state index in [4.69, 9.17) is 0 Å². The second-order valence-electron chi connectivity index (χ2n) is 5.62. The minimum absolute atomic E-state index is 0.0445. The van der Waals surface area contributed by atoms with E-state index in [2.05, 4.69) is 0 Å². The van der Waals surface area contributed by atoms with Crippen LogP contribution in [0.1, 0.15) is 32.1 Å². The van der Waals surface area contributed by atoms with Crippen molar-refractivity contribution in [3.63, 3.8) is 0 Å². The van der Waals surface area contributed by atoms with Crippen molar-refractivity contribution >= 4 is 17.7 Å². The van der Waals surface area contributed by atoms with Gasteiger partial charge in [0.1, 0.15) is 6.54 Å². The average molecular weight is 250 g/mol. The minimum Gasteiger partial charge on any atom is -0.341 e. The molecule has 0 aromatic rings. The molecule has 2 heterocycles. The van der Waals surface area contributed by atoms with Crippen LogP contribution in [0.25, 0.3) is 0 Å². The van der Waals surface area contributed by atoms with E-state index in [1.165, 1.54) is 19.3 Å². The molecule has 3 aliphatic rings. The number of fused-ring (bicyclic) bond motifs is 1. The molecule has 2 atom stereocenters. The van der Waals surface area contributed by atoms with Gasteiger partial charge in [0.15, 0.2) is 0 Å². The maximum Gasteiger partial charge on any atom is 0.242 e. The van der Waals surface area contributed by atoms with Crippen molar-refractivity contribution in [3.8, 4) is 0 Å². The molecule has 98 valence electrons. The molecule has 1 aliphatic carbocycles. The number of rotatable bonds is 2. The predicted octanol–water partition coefficient (Wildman–Crippen LogP) is 0.394. The number of carbonyl (C=O) groups is 3. The van der Waals surface area contributed by atoms with E-state index < -0.39 is 0 Å². The maximum atomic E-state index is 12.1. The molecule has 0 spiro atoms. The molecule has 0 aromatic carbocycles. The van der Waals surface area contributed by atoms with Crippen LogP contribution in [0.15, 0.2) is 0 Å². The summed E-state index contributed by atoms with van der Waals surface area (Å²) in [4.78, 5) is 38.0. The summed E-state index contributed by atoms with van der Waals surface area (Å²) in [6.07, 6.45) is 4.24. The molecule has 3 rings (SSSR count). The Morgan fingerprint density at radius 2 is 1.61 bits per heavy atom. The monoisotopic (exact) mass is 250 g/mol. The molecular weight excluding hydrogens is 232 g/mol. The van der Waals surface area contributed by atoms with Crippen LogP contribution in [0.4, 0.5) is 0 Å². The van der Waals surface area contributed by atoms with Gasteiger partial charge in [-0.1, -0.05) is 6.42 Å². The summed E-state index contributed by atoms with van der Waals surface area (Å²) in [5, 5.41) is 0. The lowest BCUT2D eigenvalue weighted by atomic mass is 10.0. The van der Waals surface area contributed by atoms with E-state index in [1.54, 1.807) is 0 Å². The van der Waals surface area contributed by atoms with Gasteiger partial charge in [0.05, 0.1) is 0 Å². The van der Waals surface area contributed by atoms with Gasteiger partial charge in [0.25, 0.3) is 0 Å². The van der Waals surface area contributed by atoms with Crippen LogP contribution in [0, 0.1) is 11.8 Å². The van der Waals surface area contributed by atoms with Crippen molar-refractivity contribution < 1.29 is 14.4 Å². The van der Waals surface area contributed by atoms with Crippen molar-refractivity contribution in [3.05, 3.63) is 0 Å². The average Bonchev–Trinajstić information content (AvgIpc) is 2.98. The summed E-state index contributed by atoms with van der Waals surface area (Å²) in [7, 11) is 0. The topological polar surface area (TPSA) is 57.7 Å². The van der Waals surface area contributed by atoms with Crippen LogP contribution in [0.3, 0.4) is 0 Å². The molecule has 1 saturated carbocycles. The van der Waals surface area contributed by atoms with Crippen LogP contribution in [-0.4, -0.2) is 47.2 Å². The van der Waals surface area contributed by atoms with E-state index in [1.807, 2.05) is 4.90 Å². The van der Waals surface area contributed by atoms with Crippen LogP contribution in [0.5, 0.6) is 0 Å². The highest BCUT2D eigenvalue weighted by molar-refractivity contribution is 6.04. The van der Waals surface area contributed by atoms with Crippen molar-refractivity contribution in [2.24, 2.45) is 11.8 Å². The van der Waals surface area contributed by atoms with E-state index in [-0.39, 0.29) is 37.1 Å². The summed E-state index contributed by atoms with van der Waals surface area (Å²) in [6, 6.07) is 0. The van der Waals surface area contributed by atoms with Gasteiger partial charge in [-0.2, -0.15) is 0 Å². The Bertz CT molecular complexity index is 379. The zero-order valence-electron chi connectivity index (χ0n) is 10.4. The first-order valence-electron chi connectivity index (χ1n) is 6.76. The summed E-state index contributed by atoms with van der Waals surface area (Å²) in [5.74, 6) is 0.839. The van der Waals surface area contributed by atoms with E-state index in [0.717, 1.165) is 18.0 Å². The zero-order chi connectivity index (χ0) is 12.7. The maximum absolute atomic E-state index is 12.1. The fraction of sp³-hybridized carbons (Fsp3) is 0.769. The van der Waals surface area contributed by atoms with Crippen LogP contribution in [0.2, 0.25) is 0 Å². The Hall–Kier alpha value is -1.39. The Balaban J connectivity index is 1.59. The smallest absolute Gasteiger partial charge is 0.242 e. The Labute approximate surface area is 106 Å². The molecule has 2 saturated heterocycles. The van der Waals surface area contributed by atoms with Gasteiger partial charge in [-0.15, -0.1) is 0 Å². The number of carbonyl (C=O) groups excluding carboxylic acids is 3. The molecule has 5 nitrogen and oxygen atoms in total. The van der Waals surface area contributed by atoms with Gasteiger partial charge < -0.3 is 4.90 Å². The van der Waals surface area contributed by atoms with Gasteiger partial charge in [0, 0.05) is 25.9 Å². The molecular formula is C13H18N2O3. The fourth-order valence-electron chi connectivity index (χ4n) is 3.47. The highest BCUT2D eigenvalue weighted by Gasteiger charge is 2.39. The highest BCUT2D eigenvalue weighted by Crippen LogP contribution is 2.37. The summed E-state index contributed by atoms with van der Waals surface area (Å²) < 4.78 is 0. The SMILES string of the molecule is O=C(CN1C(=O)CCC1=O)N1CC2CCCC2C1. The van der Waals surface area contributed by atoms with Gasteiger partial charge in [0.2, 0.25) is 17.7 Å². The Morgan fingerprint density at radius 3 is 2.17 bits per heavy atom. The molecule has 0 bridgehead atoms. The highest BCUT2D eigenvalue weighted by atomic mass is 16.2. The lowest BCUT2D eigenvalue weighted by Crippen LogP contribution is -2.41. The normalized spacial score (nSPS) is 31.3. The molecule has 5 heteroatoms. The number of likely N-dealkylation sites (tertiary alicyclic amines) is 2. The third-order valence-electron chi connectivity index (χ3n) is 4.53. The molecule has 3 fully saturated rings. The lowest BCUT2D eigenvalue weighted by Gasteiger charge is -2.20. The molecule has 0 N–H and O–H groups in total. The molecule has 3 amide bonds. The number of hydrogen-bond donors (Lipinski definition) is 0. The van der Waals surface area contributed by atoms with E-state index in [0.29, 0.717) is 11.8 Å². The van der Waals surface area contributed by atoms with E-state index in [9.17, 15) is 14.4 Å². The van der Waals surface area contributed by atoms with Crippen molar-refractivity contribution in [2.75, 3.05) is 19.6 Å². The molecule has 18 heavy (non-hydrogen) atoms. The van der Waals surface area contributed by atoms with Gasteiger partial charge in [-0.3, -0.25) is 19.3 Å². The largest absolute Gasteiger partial charge is 0.341 e. The number of hydrogen-bond acceptors (Lipinski definition) is 3. The quantitative estimate of drug-likeness (QED) is 0.666. The summed E-state index contributed by atoms with van der Waals surface area (Å²) in [5.41, 5.74) is 0. The Kier molecular flexibility index (Phi) is 2.84. The third kappa shape index (κ3) is 1.91. The van der Waals surface area contributed by atoms with Gasteiger partial charge in [-0.05, 0) is 24.7 Å². The van der Waals surface area contributed by atoms with Crippen molar-refractivity contribution in [2.45, 2.75) is 32.1 Å². The van der Waals surface area contributed by atoms with Crippen molar-refractivity contribution in [1.29, 1.82) is 0 Å². The third-order valence-corrected chi connectivity index (χ3v) is 4.53. The lowest BCUT2D eigenvalue weighted by molar-refractivity contribution is -0.145. The van der Waals surface area contributed by atoms with Crippen LogP contribution in [-0.2, 0) is 14.4 Å². The first-order valence-corrected chi connectivity index (χ1v) is 6.76. The van der Waals surface area contributed by atoms with E-state index >= 15 is 0 Å². The molecule has 2 aliphatic heterocycles. The zero-order valence-corrected chi connectivity index (χ0v) is 10.4. The van der Waals surface area contributed by atoms with Gasteiger partial charge >= 0.3 is 0 Å². The van der Waals surface area contributed by atoms with Gasteiger partial charge in [-0.25, -0.2) is 0 Å². The first-order chi connectivity index (χ1) is 8.65. The number of amides is 3. The number of imide groups is 1. The first kappa shape index (κ1) is 11.7. The number of nitrogens with zero attached hydrogens (tertiary/aromatic N) is 2. The molecule has 0 radical (unpaired) electrons. The second-order valence-corrected chi connectivity index (χ2v) is 5.62. The standard InChI is InChI=1S/C13H18N2O3/c16-11-4-5-12(17)15(11)8-13(18)14-6-9-2-1-3-10(9)7-14/h9-10H,1-8H2. The predicted molar refractivity (Wildman–Crippen MR) is 63.4 cm³/mol. The summed E-state index contributed by atoms with van der Waals surface area (Å²) in [6.45, 7) is 1.59. The summed E-state index contributed by atoms with van der Waals surface area (Å²) >= 11 is 0. The van der Waals surface area contributed by atoms with Crippen LogP contribution < -0.4 is 0 Å². The second kappa shape index (κ2) is 4.37. The minimum atomic E-state index is -0.201.